The average Bonchev–Trinajstić information content (AvgIpc) is 1.95. The Bertz CT molecular complexity index is 224. The standard InChI is InChI=1S/C9H12Cl2/c1-6-4-5-7(10)9(2,3)8(6)11/h4-5,8H,1-3H3. The van der Waals surface area contributed by atoms with Crippen molar-refractivity contribution < 1.29 is 0 Å². The summed E-state index contributed by atoms with van der Waals surface area (Å²) in [5, 5.41) is 0.864. The van der Waals surface area contributed by atoms with Gasteiger partial charge in [-0.05, 0) is 13.0 Å². The zero-order chi connectivity index (χ0) is 8.65. The number of hydrogen-bond acceptors (Lipinski definition) is 0. The van der Waals surface area contributed by atoms with Crippen molar-refractivity contribution in [1.29, 1.82) is 0 Å². The minimum Gasteiger partial charge on any atom is -0.117 e. The first-order valence-electron chi connectivity index (χ1n) is 3.65. The van der Waals surface area contributed by atoms with Crippen molar-refractivity contribution in [3.63, 3.8) is 0 Å². The van der Waals surface area contributed by atoms with E-state index in [-0.39, 0.29) is 10.8 Å². The molecule has 2 heteroatoms. The highest BCUT2D eigenvalue weighted by Gasteiger charge is 2.33. The molecule has 0 radical (unpaired) electrons. The van der Waals surface area contributed by atoms with E-state index in [4.69, 9.17) is 23.2 Å². The van der Waals surface area contributed by atoms with Crippen molar-refractivity contribution in [3.05, 3.63) is 22.8 Å². The normalized spacial score (nSPS) is 29.4. The van der Waals surface area contributed by atoms with Gasteiger partial charge in [0.15, 0.2) is 0 Å². The van der Waals surface area contributed by atoms with E-state index < -0.39 is 0 Å². The van der Waals surface area contributed by atoms with Gasteiger partial charge in [-0.15, -0.1) is 11.6 Å². The number of hydrogen-bond donors (Lipinski definition) is 0. The summed E-state index contributed by atoms with van der Waals surface area (Å²) in [7, 11) is 0. The van der Waals surface area contributed by atoms with Gasteiger partial charge in [-0.1, -0.05) is 37.1 Å². The summed E-state index contributed by atoms with van der Waals surface area (Å²) in [6.07, 6.45) is 3.90. The van der Waals surface area contributed by atoms with Gasteiger partial charge in [0.05, 0.1) is 5.38 Å². The molecule has 0 saturated heterocycles. The Labute approximate surface area is 77.9 Å². The monoisotopic (exact) mass is 190 g/mol. The van der Waals surface area contributed by atoms with Gasteiger partial charge in [-0.3, -0.25) is 0 Å². The Morgan fingerprint density at radius 2 is 1.91 bits per heavy atom. The molecule has 62 valence electrons. The third kappa shape index (κ3) is 1.47. The van der Waals surface area contributed by atoms with Crippen LogP contribution < -0.4 is 0 Å². The summed E-state index contributed by atoms with van der Waals surface area (Å²) in [5.74, 6) is 0. The summed E-state index contributed by atoms with van der Waals surface area (Å²) in [6.45, 7) is 6.14. The molecule has 0 nitrogen and oxygen atoms in total. The highest BCUT2D eigenvalue weighted by atomic mass is 35.5. The molecular formula is C9H12Cl2. The predicted octanol–water partition coefficient (Wildman–Crippen LogP) is 3.70. The fourth-order valence-corrected chi connectivity index (χ4v) is 1.61. The molecule has 0 aromatic heterocycles. The molecule has 0 bridgehead atoms. The molecule has 0 aromatic rings. The molecule has 0 saturated carbocycles. The quantitative estimate of drug-likeness (QED) is 0.512. The molecule has 0 aliphatic heterocycles. The predicted molar refractivity (Wildman–Crippen MR) is 51.1 cm³/mol. The van der Waals surface area contributed by atoms with Crippen molar-refractivity contribution in [3.8, 4) is 0 Å². The van der Waals surface area contributed by atoms with Gasteiger partial charge >= 0.3 is 0 Å². The molecule has 0 N–H and O–H groups in total. The molecular weight excluding hydrogens is 179 g/mol. The van der Waals surface area contributed by atoms with Crippen LogP contribution in [-0.2, 0) is 0 Å². The number of alkyl halides is 1. The first-order valence-corrected chi connectivity index (χ1v) is 4.46. The van der Waals surface area contributed by atoms with Crippen molar-refractivity contribution in [2.75, 3.05) is 0 Å². The van der Waals surface area contributed by atoms with Crippen molar-refractivity contribution >= 4 is 23.2 Å². The van der Waals surface area contributed by atoms with E-state index >= 15 is 0 Å². The maximum atomic E-state index is 6.16. The Balaban J connectivity index is 3.03. The van der Waals surface area contributed by atoms with Gasteiger partial charge in [0, 0.05) is 10.4 Å². The molecule has 1 aliphatic carbocycles. The maximum absolute atomic E-state index is 6.16. The Morgan fingerprint density at radius 3 is 2.36 bits per heavy atom. The summed E-state index contributed by atoms with van der Waals surface area (Å²) < 4.78 is 0. The van der Waals surface area contributed by atoms with Crippen LogP contribution >= 0.6 is 23.2 Å². The van der Waals surface area contributed by atoms with Crippen LogP contribution in [0.15, 0.2) is 22.8 Å². The summed E-state index contributed by atoms with van der Waals surface area (Å²) in [5.41, 5.74) is 1.07. The van der Waals surface area contributed by atoms with Gasteiger partial charge < -0.3 is 0 Å². The Morgan fingerprint density at radius 1 is 1.36 bits per heavy atom. The average molecular weight is 191 g/mol. The lowest BCUT2D eigenvalue weighted by molar-refractivity contribution is 0.466. The molecule has 0 fully saturated rings. The van der Waals surface area contributed by atoms with Crippen molar-refractivity contribution in [2.24, 2.45) is 5.41 Å². The van der Waals surface area contributed by atoms with Gasteiger partial charge in [0.1, 0.15) is 0 Å². The first-order chi connectivity index (χ1) is 4.96. The van der Waals surface area contributed by atoms with Crippen LogP contribution in [0.1, 0.15) is 20.8 Å². The molecule has 0 heterocycles. The summed E-state index contributed by atoms with van der Waals surface area (Å²) in [4.78, 5) is 0. The van der Waals surface area contributed by atoms with E-state index in [0.717, 1.165) is 5.03 Å². The summed E-state index contributed by atoms with van der Waals surface area (Å²) >= 11 is 12.2. The molecule has 0 spiro atoms. The number of halogens is 2. The fraction of sp³-hybridized carbons (Fsp3) is 0.556. The van der Waals surface area contributed by atoms with Crippen LogP contribution in [0, 0.1) is 5.41 Å². The SMILES string of the molecule is CC1=CC=C(Cl)C(C)(C)C1Cl. The maximum Gasteiger partial charge on any atom is 0.0645 e. The van der Waals surface area contributed by atoms with Gasteiger partial charge in [-0.2, -0.15) is 0 Å². The topological polar surface area (TPSA) is 0 Å². The molecule has 11 heavy (non-hydrogen) atoms. The largest absolute Gasteiger partial charge is 0.117 e. The van der Waals surface area contributed by atoms with E-state index in [1.165, 1.54) is 5.57 Å². The zero-order valence-corrected chi connectivity index (χ0v) is 8.50. The van der Waals surface area contributed by atoms with Crippen LogP contribution in [0.5, 0.6) is 0 Å². The lowest BCUT2D eigenvalue weighted by Crippen LogP contribution is -2.28. The third-order valence-electron chi connectivity index (χ3n) is 2.14. The van der Waals surface area contributed by atoms with Crippen LogP contribution in [0.25, 0.3) is 0 Å². The summed E-state index contributed by atoms with van der Waals surface area (Å²) in [6, 6.07) is 0. The molecule has 0 aromatic carbocycles. The minimum absolute atomic E-state index is 0.0278. The van der Waals surface area contributed by atoms with E-state index in [0.29, 0.717) is 0 Å². The van der Waals surface area contributed by atoms with Crippen LogP contribution in [0.4, 0.5) is 0 Å². The van der Waals surface area contributed by atoms with Gasteiger partial charge in [0.25, 0.3) is 0 Å². The highest BCUT2D eigenvalue weighted by Crippen LogP contribution is 2.42. The van der Waals surface area contributed by atoms with Crippen LogP contribution in [0.2, 0.25) is 0 Å². The third-order valence-corrected chi connectivity index (χ3v) is 3.64. The van der Waals surface area contributed by atoms with E-state index in [1.807, 2.05) is 19.1 Å². The molecule has 1 aliphatic rings. The zero-order valence-electron chi connectivity index (χ0n) is 6.99. The lowest BCUT2D eigenvalue weighted by Gasteiger charge is -2.32. The van der Waals surface area contributed by atoms with E-state index in [9.17, 15) is 0 Å². The minimum atomic E-state index is -0.109. The smallest absolute Gasteiger partial charge is 0.0645 e. The van der Waals surface area contributed by atoms with E-state index in [1.54, 1.807) is 0 Å². The van der Waals surface area contributed by atoms with Crippen LogP contribution in [0.3, 0.4) is 0 Å². The fourth-order valence-electron chi connectivity index (χ4n) is 1.19. The highest BCUT2D eigenvalue weighted by molar-refractivity contribution is 6.32. The first kappa shape index (κ1) is 9.15. The Kier molecular flexibility index (Phi) is 2.36. The van der Waals surface area contributed by atoms with Gasteiger partial charge in [-0.25, -0.2) is 0 Å². The second-order valence-corrected chi connectivity index (χ2v) is 4.35. The van der Waals surface area contributed by atoms with E-state index in [2.05, 4.69) is 13.8 Å². The lowest BCUT2D eigenvalue weighted by atomic mass is 9.82. The van der Waals surface area contributed by atoms with Crippen molar-refractivity contribution in [2.45, 2.75) is 26.1 Å². The second kappa shape index (κ2) is 2.84. The molecule has 1 unspecified atom stereocenters. The molecule has 1 rings (SSSR count). The van der Waals surface area contributed by atoms with Crippen molar-refractivity contribution in [1.82, 2.24) is 0 Å². The second-order valence-electron chi connectivity index (χ2n) is 3.51. The molecule has 0 amide bonds. The number of allylic oxidation sites excluding steroid dienone is 4. The Hall–Kier alpha value is 0.0600. The van der Waals surface area contributed by atoms with Gasteiger partial charge in [0.2, 0.25) is 0 Å². The number of rotatable bonds is 0. The van der Waals surface area contributed by atoms with Crippen LogP contribution in [-0.4, -0.2) is 5.38 Å². The molecule has 1 atom stereocenters.